The van der Waals surface area contributed by atoms with Crippen LogP contribution in [0.4, 0.5) is 5.69 Å². The topological polar surface area (TPSA) is 102 Å². The molecule has 39 heavy (non-hydrogen) atoms. The second-order valence-electron chi connectivity index (χ2n) is 10.3. The van der Waals surface area contributed by atoms with E-state index in [1.165, 1.54) is 0 Å². The summed E-state index contributed by atoms with van der Waals surface area (Å²) >= 11 is 0. The molecule has 1 unspecified atom stereocenters. The Hall–Kier alpha value is -4.48. The van der Waals surface area contributed by atoms with Gasteiger partial charge in [0, 0.05) is 47.6 Å². The predicted molar refractivity (Wildman–Crippen MR) is 149 cm³/mol. The lowest BCUT2D eigenvalue weighted by molar-refractivity contribution is 0.0681. The third-order valence-corrected chi connectivity index (χ3v) is 6.96. The molecule has 2 aromatic heterocycles. The average molecular weight is 522 g/mol. The van der Waals surface area contributed by atoms with Gasteiger partial charge in [-0.3, -0.25) is 9.78 Å². The Kier molecular flexibility index (Phi) is 7.44. The maximum Gasteiger partial charge on any atom is 0.255 e. The summed E-state index contributed by atoms with van der Waals surface area (Å²) in [7, 11) is 0. The molecule has 1 atom stereocenters. The molecule has 3 heterocycles. The third kappa shape index (κ3) is 5.84. The number of amides is 1. The number of aromatic nitrogens is 3. The number of nitrogens with one attached hydrogen (secondary N) is 1. The van der Waals surface area contributed by atoms with E-state index in [2.05, 4.69) is 21.5 Å². The average Bonchev–Trinajstić information content (AvgIpc) is 3.66. The van der Waals surface area contributed by atoms with E-state index in [0.717, 1.165) is 53.1 Å². The largest absolute Gasteiger partial charge is 0.490 e. The van der Waals surface area contributed by atoms with Gasteiger partial charge in [-0.05, 0) is 75.1 Å². The first-order valence-corrected chi connectivity index (χ1v) is 13.0. The van der Waals surface area contributed by atoms with Gasteiger partial charge in [0.25, 0.3) is 5.91 Å². The van der Waals surface area contributed by atoms with Gasteiger partial charge in [-0.25, -0.2) is 4.68 Å². The Balaban J connectivity index is 1.35. The van der Waals surface area contributed by atoms with Crippen molar-refractivity contribution in [2.45, 2.75) is 45.1 Å². The van der Waals surface area contributed by atoms with Crippen LogP contribution in [0.2, 0.25) is 0 Å². The molecular formula is C31H31N5O3. The molecule has 1 aliphatic heterocycles. The van der Waals surface area contributed by atoms with Crippen LogP contribution < -0.4 is 10.1 Å². The zero-order valence-electron chi connectivity index (χ0n) is 22.3. The lowest BCUT2D eigenvalue weighted by Gasteiger charge is -2.16. The van der Waals surface area contributed by atoms with Crippen LogP contribution in [0.15, 0.2) is 73.3 Å². The van der Waals surface area contributed by atoms with Crippen LogP contribution in [0, 0.1) is 18.3 Å². The van der Waals surface area contributed by atoms with Crippen molar-refractivity contribution < 1.29 is 14.3 Å². The van der Waals surface area contributed by atoms with Crippen LogP contribution in [0.5, 0.6) is 5.75 Å². The molecule has 1 aliphatic rings. The second-order valence-corrected chi connectivity index (χ2v) is 10.3. The molecule has 0 aliphatic carbocycles. The monoisotopic (exact) mass is 521 g/mol. The van der Waals surface area contributed by atoms with Crippen LogP contribution in [0.1, 0.15) is 48.2 Å². The van der Waals surface area contributed by atoms with Crippen molar-refractivity contribution in [3.8, 4) is 28.6 Å². The standard InChI is InChI=1S/C31H31N5O3/c1-21-9-10-25(35-30(37)22-6-4-7-24(14-22)31(2,3)20-32)15-28(21)36-18-23(16-34-36)27-17-33-12-11-29(27)39-19-26-8-5-13-38-26/h4,6-7,9-12,14-18,26H,5,8,13,19H2,1-3H3,(H,35,37). The fourth-order valence-corrected chi connectivity index (χ4v) is 4.53. The van der Waals surface area contributed by atoms with Gasteiger partial charge in [0.1, 0.15) is 12.4 Å². The van der Waals surface area contributed by atoms with Crippen LogP contribution in [-0.4, -0.2) is 40.0 Å². The van der Waals surface area contributed by atoms with E-state index in [1.54, 1.807) is 41.5 Å². The highest BCUT2D eigenvalue weighted by atomic mass is 16.5. The molecular weight excluding hydrogens is 490 g/mol. The van der Waals surface area contributed by atoms with E-state index in [1.807, 2.05) is 57.3 Å². The number of carbonyl (C=O) groups excluding carboxylic acids is 1. The fraction of sp³-hybridized carbons (Fsp3) is 0.290. The summed E-state index contributed by atoms with van der Waals surface area (Å²) < 4.78 is 13.6. The molecule has 2 aromatic carbocycles. The molecule has 198 valence electrons. The number of benzene rings is 2. The van der Waals surface area contributed by atoms with Crippen LogP contribution >= 0.6 is 0 Å². The van der Waals surface area contributed by atoms with E-state index < -0.39 is 5.41 Å². The summed E-state index contributed by atoms with van der Waals surface area (Å²) in [5.74, 6) is 0.490. The van der Waals surface area contributed by atoms with E-state index >= 15 is 0 Å². The minimum atomic E-state index is -0.686. The van der Waals surface area contributed by atoms with Gasteiger partial charge in [0.15, 0.2) is 0 Å². The second kappa shape index (κ2) is 11.1. The molecule has 8 nitrogen and oxygen atoms in total. The maximum absolute atomic E-state index is 13.1. The Morgan fingerprint density at radius 3 is 2.90 bits per heavy atom. The minimum Gasteiger partial charge on any atom is -0.490 e. The Bertz CT molecular complexity index is 1530. The van der Waals surface area contributed by atoms with Crippen molar-refractivity contribution in [2.75, 3.05) is 18.5 Å². The number of carbonyl (C=O) groups is 1. The van der Waals surface area contributed by atoms with Gasteiger partial charge in [0.05, 0.1) is 29.5 Å². The Morgan fingerprint density at radius 2 is 2.10 bits per heavy atom. The first kappa shape index (κ1) is 26.1. The highest BCUT2D eigenvalue weighted by Crippen LogP contribution is 2.31. The Morgan fingerprint density at radius 1 is 1.23 bits per heavy atom. The molecule has 1 saturated heterocycles. The number of hydrogen-bond acceptors (Lipinski definition) is 6. The molecule has 1 amide bonds. The quantitative estimate of drug-likeness (QED) is 0.312. The number of nitrogens with zero attached hydrogens (tertiary/aromatic N) is 4. The van der Waals surface area contributed by atoms with Gasteiger partial charge >= 0.3 is 0 Å². The summed E-state index contributed by atoms with van der Waals surface area (Å²) in [6.07, 6.45) is 9.39. The number of anilines is 1. The zero-order valence-corrected chi connectivity index (χ0v) is 22.3. The smallest absolute Gasteiger partial charge is 0.255 e. The van der Waals surface area contributed by atoms with E-state index in [0.29, 0.717) is 17.9 Å². The summed E-state index contributed by atoms with van der Waals surface area (Å²) in [6.45, 7) is 6.95. The summed E-state index contributed by atoms with van der Waals surface area (Å²) in [6, 6.07) is 17.0. The maximum atomic E-state index is 13.1. The number of rotatable bonds is 8. The molecule has 8 heteroatoms. The molecule has 0 saturated carbocycles. The SMILES string of the molecule is Cc1ccc(NC(=O)c2cccc(C(C)(C)C#N)c2)cc1-n1cc(-c2cnccc2OCC2CCCO2)cn1. The van der Waals surface area contributed by atoms with Crippen molar-refractivity contribution in [1.82, 2.24) is 14.8 Å². The van der Waals surface area contributed by atoms with Crippen molar-refractivity contribution in [1.29, 1.82) is 5.26 Å². The first-order chi connectivity index (χ1) is 18.8. The predicted octanol–water partition coefficient (Wildman–Crippen LogP) is 5.85. The Labute approximate surface area is 228 Å². The van der Waals surface area contributed by atoms with E-state index in [4.69, 9.17) is 9.47 Å². The normalized spacial score (nSPS) is 15.1. The number of ether oxygens (including phenoxy) is 2. The summed E-state index contributed by atoms with van der Waals surface area (Å²) in [5, 5.41) is 17.0. The van der Waals surface area contributed by atoms with Gasteiger partial charge < -0.3 is 14.8 Å². The fourth-order valence-electron chi connectivity index (χ4n) is 4.53. The third-order valence-electron chi connectivity index (χ3n) is 6.96. The lowest BCUT2D eigenvalue weighted by atomic mass is 9.85. The molecule has 0 spiro atoms. The van der Waals surface area contributed by atoms with Gasteiger partial charge in [-0.1, -0.05) is 18.2 Å². The molecule has 0 radical (unpaired) electrons. The van der Waals surface area contributed by atoms with Gasteiger partial charge in [-0.2, -0.15) is 10.4 Å². The highest BCUT2D eigenvalue weighted by Gasteiger charge is 2.21. The first-order valence-electron chi connectivity index (χ1n) is 13.0. The highest BCUT2D eigenvalue weighted by molar-refractivity contribution is 6.04. The minimum absolute atomic E-state index is 0.120. The van der Waals surface area contributed by atoms with E-state index in [-0.39, 0.29) is 12.0 Å². The molecule has 0 bridgehead atoms. The molecule has 5 rings (SSSR count). The zero-order chi connectivity index (χ0) is 27.4. The van der Waals surface area contributed by atoms with Crippen LogP contribution in [0.3, 0.4) is 0 Å². The van der Waals surface area contributed by atoms with Crippen LogP contribution in [0.25, 0.3) is 16.8 Å². The molecule has 4 aromatic rings. The summed E-state index contributed by atoms with van der Waals surface area (Å²) in [4.78, 5) is 17.3. The molecule has 1 fully saturated rings. The van der Waals surface area contributed by atoms with Crippen molar-refractivity contribution in [3.05, 3.63) is 90.0 Å². The number of pyridine rings is 1. The van der Waals surface area contributed by atoms with Gasteiger partial charge in [-0.15, -0.1) is 0 Å². The van der Waals surface area contributed by atoms with Crippen molar-refractivity contribution in [3.63, 3.8) is 0 Å². The number of nitriles is 1. The molecule has 1 N–H and O–H groups in total. The van der Waals surface area contributed by atoms with Gasteiger partial charge in [0.2, 0.25) is 0 Å². The van der Waals surface area contributed by atoms with Crippen LogP contribution in [-0.2, 0) is 10.2 Å². The van der Waals surface area contributed by atoms with Crippen molar-refractivity contribution >= 4 is 11.6 Å². The van der Waals surface area contributed by atoms with E-state index in [9.17, 15) is 10.1 Å². The number of aryl methyl sites for hydroxylation is 1. The summed E-state index contributed by atoms with van der Waals surface area (Å²) in [5.41, 5.74) is 4.80. The number of hydrogen-bond donors (Lipinski definition) is 1. The lowest BCUT2D eigenvalue weighted by Crippen LogP contribution is -2.17. The van der Waals surface area contributed by atoms with Crippen molar-refractivity contribution in [2.24, 2.45) is 0 Å².